The van der Waals surface area contributed by atoms with E-state index in [1.807, 2.05) is 44.2 Å². The van der Waals surface area contributed by atoms with Gasteiger partial charge in [-0.15, -0.1) is 0 Å². The van der Waals surface area contributed by atoms with E-state index in [1.165, 1.54) is 0 Å². The van der Waals surface area contributed by atoms with E-state index in [9.17, 15) is 4.79 Å². The minimum Gasteiger partial charge on any atom is -0.493 e. The van der Waals surface area contributed by atoms with E-state index in [0.717, 1.165) is 5.56 Å². The number of ether oxygens (including phenoxy) is 2. The number of methoxy groups -OCH3 is 1. The monoisotopic (exact) mass is 323 g/mol. The molecule has 124 valence electrons. The number of carbonyl (C=O) groups excluding carboxylic acids is 1. The van der Waals surface area contributed by atoms with Gasteiger partial charge in [0.15, 0.2) is 11.5 Å². The summed E-state index contributed by atoms with van der Waals surface area (Å²) in [5, 5.41) is 2.77. The zero-order chi connectivity index (χ0) is 17.4. The van der Waals surface area contributed by atoms with Crippen molar-refractivity contribution in [2.45, 2.75) is 20.0 Å². The van der Waals surface area contributed by atoms with Crippen LogP contribution in [-0.2, 0) is 0 Å². The van der Waals surface area contributed by atoms with E-state index in [0.29, 0.717) is 17.1 Å². The fraction of sp³-hybridized carbons (Fsp3) is 0.250. The molecule has 4 heteroatoms. The quantitative estimate of drug-likeness (QED) is 0.859. The molecule has 0 aromatic heterocycles. The van der Waals surface area contributed by atoms with Crippen LogP contribution in [0, 0.1) is 11.8 Å². The maximum absolute atomic E-state index is 12.2. The molecule has 0 unspecified atom stereocenters. The summed E-state index contributed by atoms with van der Waals surface area (Å²) in [5.41, 5.74) is 1.42. The Balaban J connectivity index is 1.98. The highest BCUT2D eigenvalue weighted by Gasteiger charge is 2.11. The van der Waals surface area contributed by atoms with Gasteiger partial charge in [0.1, 0.15) is 0 Å². The Morgan fingerprint density at radius 3 is 2.54 bits per heavy atom. The summed E-state index contributed by atoms with van der Waals surface area (Å²) >= 11 is 0. The maximum Gasteiger partial charge on any atom is 0.252 e. The molecule has 1 N–H and O–H groups in total. The van der Waals surface area contributed by atoms with Crippen LogP contribution in [0.15, 0.2) is 48.5 Å². The zero-order valence-electron chi connectivity index (χ0n) is 14.1. The number of hydrogen-bond donors (Lipinski definition) is 1. The van der Waals surface area contributed by atoms with Crippen molar-refractivity contribution in [1.82, 2.24) is 5.32 Å². The molecular formula is C20H21NO3. The molecule has 24 heavy (non-hydrogen) atoms. The van der Waals surface area contributed by atoms with Crippen LogP contribution in [0.1, 0.15) is 29.8 Å². The van der Waals surface area contributed by atoms with Crippen LogP contribution in [0.5, 0.6) is 11.5 Å². The lowest BCUT2D eigenvalue weighted by molar-refractivity contribution is 0.0958. The number of carbonyl (C=O) groups is 1. The van der Waals surface area contributed by atoms with Gasteiger partial charge >= 0.3 is 0 Å². The zero-order valence-corrected chi connectivity index (χ0v) is 14.1. The molecule has 0 aliphatic heterocycles. The summed E-state index contributed by atoms with van der Waals surface area (Å²) in [6, 6.07) is 14.7. The number of rotatable bonds is 5. The highest BCUT2D eigenvalue weighted by atomic mass is 16.5. The molecule has 1 amide bonds. The van der Waals surface area contributed by atoms with Crippen LogP contribution in [0.2, 0.25) is 0 Å². The van der Waals surface area contributed by atoms with Gasteiger partial charge in [0.2, 0.25) is 0 Å². The van der Waals surface area contributed by atoms with Crippen molar-refractivity contribution in [3.63, 3.8) is 0 Å². The van der Waals surface area contributed by atoms with E-state index < -0.39 is 0 Å². The third kappa shape index (κ3) is 5.06. The Bertz CT molecular complexity index is 742. The Morgan fingerprint density at radius 2 is 1.88 bits per heavy atom. The highest BCUT2D eigenvalue weighted by Crippen LogP contribution is 2.28. The number of benzene rings is 2. The molecule has 0 aliphatic carbocycles. The SMILES string of the molecule is COc1cc(C(=O)NCC#Cc2ccccc2)ccc1OC(C)C. The molecule has 2 rings (SSSR count). The molecule has 0 aliphatic rings. The van der Waals surface area contributed by atoms with Crippen LogP contribution in [-0.4, -0.2) is 25.7 Å². The lowest BCUT2D eigenvalue weighted by Crippen LogP contribution is -2.23. The third-order valence-corrected chi connectivity index (χ3v) is 3.13. The lowest BCUT2D eigenvalue weighted by Gasteiger charge is -2.14. The van der Waals surface area contributed by atoms with E-state index >= 15 is 0 Å². The Hall–Kier alpha value is -2.93. The second-order valence-corrected chi connectivity index (χ2v) is 5.38. The van der Waals surface area contributed by atoms with Gasteiger partial charge in [0.25, 0.3) is 5.91 Å². The van der Waals surface area contributed by atoms with Crippen molar-refractivity contribution in [2.24, 2.45) is 0 Å². The average Bonchev–Trinajstić information content (AvgIpc) is 2.59. The van der Waals surface area contributed by atoms with E-state index in [1.54, 1.807) is 25.3 Å². The average molecular weight is 323 g/mol. The first-order valence-electron chi connectivity index (χ1n) is 7.77. The van der Waals surface area contributed by atoms with Gasteiger partial charge in [0.05, 0.1) is 19.8 Å². The molecule has 0 bridgehead atoms. The lowest BCUT2D eigenvalue weighted by atomic mass is 10.2. The van der Waals surface area contributed by atoms with Crippen LogP contribution < -0.4 is 14.8 Å². The molecule has 0 fully saturated rings. The van der Waals surface area contributed by atoms with Crippen molar-refractivity contribution < 1.29 is 14.3 Å². The number of hydrogen-bond acceptors (Lipinski definition) is 3. The van der Waals surface area contributed by atoms with Crippen molar-refractivity contribution in [2.75, 3.05) is 13.7 Å². The first-order valence-corrected chi connectivity index (χ1v) is 7.77. The van der Waals surface area contributed by atoms with Crippen molar-refractivity contribution >= 4 is 5.91 Å². The second kappa shape index (κ2) is 8.64. The van der Waals surface area contributed by atoms with Crippen LogP contribution in [0.25, 0.3) is 0 Å². The molecule has 0 spiro atoms. The largest absolute Gasteiger partial charge is 0.493 e. The van der Waals surface area contributed by atoms with Crippen molar-refractivity contribution in [1.29, 1.82) is 0 Å². The summed E-state index contributed by atoms with van der Waals surface area (Å²) in [6.07, 6.45) is 0.0341. The van der Waals surface area contributed by atoms with Gasteiger partial charge in [-0.2, -0.15) is 0 Å². The molecule has 0 saturated carbocycles. The van der Waals surface area contributed by atoms with Crippen LogP contribution in [0.4, 0.5) is 0 Å². The number of nitrogens with one attached hydrogen (secondary N) is 1. The number of amides is 1. The van der Waals surface area contributed by atoms with E-state index in [-0.39, 0.29) is 18.6 Å². The van der Waals surface area contributed by atoms with Gasteiger partial charge in [-0.1, -0.05) is 30.0 Å². The maximum atomic E-state index is 12.2. The Morgan fingerprint density at radius 1 is 1.12 bits per heavy atom. The molecule has 2 aromatic carbocycles. The second-order valence-electron chi connectivity index (χ2n) is 5.38. The summed E-state index contributed by atoms with van der Waals surface area (Å²) in [5.74, 6) is 6.88. The van der Waals surface area contributed by atoms with Crippen molar-refractivity contribution in [3.8, 4) is 23.3 Å². The summed E-state index contributed by atoms with van der Waals surface area (Å²) in [7, 11) is 1.55. The highest BCUT2D eigenvalue weighted by molar-refractivity contribution is 5.95. The van der Waals surface area contributed by atoms with Crippen LogP contribution >= 0.6 is 0 Å². The molecule has 0 atom stereocenters. The standard InChI is InChI=1S/C20H21NO3/c1-15(2)24-18-12-11-17(14-19(18)23-3)20(22)21-13-7-10-16-8-5-4-6-9-16/h4-6,8-9,11-12,14-15H,13H2,1-3H3,(H,21,22). The molecule has 0 radical (unpaired) electrons. The summed E-state index contributed by atoms with van der Waals surface area (Å²) in [4.78, 5) is 12.2. The predicted molar refractivity (Wildman–Crippen MR) is 94.4 cm³/mol. The first-order chi connectivity index (χ1) is 11.6. The smallest absolute Gasteiger partial charge is 0.252 e. The third-order valence-electron chi connectivity index (χ3n) is 3.13. The predicted octanol–water partition coefficient (Wildman–Crippen LogP) is 3.26. The Kier molecular flexibility index (Phi) is 6.27. The van der Waals surface area contributed by atoms with E-state index in [2.05, 4.69) is 17.2 Å². The molecule has 2 aromatic rings. The first kappa shape index (κ1) is 17.4. The van der Waals surface area contributed by atoms with Gasteiger partial charge in [-0.25, -0.2) is 0 Å². The molecule has 4 nitrogen and oxygen atoms in total. The molecule has 0 heterocycles. The van der Waals surface area contributed by atoms with Crippen molar-refractivity contribution in [3.05, 3.63) is 59.7 Å². The summed E-state index contributed by atoms with van der Waals surface area (Å²) < 4.78 is 10.9. The fourth-order valence-corrected chi connectivity index (χ4v) is 2.05. The van der Waals surface area contributed by atoms with E-state index in [4.69, 9.17) is 9.47 Å². The Labute approximate surface area is 142 Å². The molecular weight excluding hydrogens is 302 g/mol. The molecule has 0 saturated heterocycles. The van der Waals surface area contributed by atoms with Gasteiger partial charge in [0, 0.05) is 11.1 Å². The fourth-order valence-electron chi connectivity index (χ4n) is 2.05. The van der Waals surface area contributed by atoms with Crippen LogP contribution in [0.3, 0.4) is 0 Å². The van der Waals surface area contributed by atoms with Gasteiger partial charge < -0.3 is 14.8 Å². The minimum atomic E-state index is -0.202. The summed E-state index contributed by atoms with van der Waals surface area (Å²) in [6.45, 7) is 4.15. The normalized spacial score (nSPS) is 9.83. The van der Waals surface area contributed by atoms with Gasteiger partial charge in [-0.05, 0) is 44.2 Å². The minimum absolute atomic E-state index is 0.0341. The van der Waals surface area contributed by atoms with Gasteiger partial charge in [-0.3, -0.25) is 4.79 Å². The topological polar surface area (TPSA) is 47.6 Å².